The van der Waals surface area contributed by atoms with E-state index in [9.17, 15) is 4.79 Å². The first-order valence-electron chi connectivity index (χ1n) is 10.4. The number of nitrogens with one attached hydrogen (secondary N) is 1. The second kappa shape index (κ2) is 9.55. The fraction of sp³-hybridized carbons (Fsp3) is 0.391. The van der Waals surface area contributed by atoms with Crippen molar-refractivity contribution in [3.05, 3.63) is 69.2 Å². The van der Waals surface area contributed by atoms with Crippen molar-refractivity contribution in [3.8, 4) is 0 Å². The maximum absolute atomic E-state index is 13.2. The number of hydrogen-bond donors (Lipinski definition) is 1. The molecule has 0 radical (unpaired) electrons. The average molecular weight is 425 g/mol. The van der Waals surface area contributed by atoms with Crippen LogP contribution in [0.15, 0.2) is 53.3 Å². The number of morpholine rings is 1. The Morgan fingerprint density at radius 1 is 1.13 bits per heavy atom. The Labute approximate surface area is 181 Å². The number of H-pyrrole nitrogens is 1. The molecule has 6 nitrogen and oxygen atoms in total. The first-order valence-corrected chi connectivity index (χ1v) is 10.8. The molecule has 2 heterocycles. The lowest BCUT2D eigenvalue weighted by molar-refractivity contribution is 0.122. The summed E-state index contributed by atoms with van der Waals surface area (Å²) in [5.74, 6) is 0. The van der Waals surface area contributed by atoms with Gasteiger partial charge in [0.1, 0.15) is 0 Å². The third-order valence-electron chi connectivity index (χ3n) is 5.56. The predicted molar refractivity (Wildman–Crippen MR) is 124 cm³/mol. The number of aromatic nitrogens is 2. The molecule has 1 fully saturated rings. The van der Waals surface area contributed by atoms with Crippen molar-refractivity contribution in [1.82, 2.24) is 14.5 Å². The average Bonchev–Trinajstić information content (AvgIpc) is 2.77. The van der Waals surface area contributed by atoms with Crippen LogP contribution in [0.5, 0.6) is 0 Å². The minimum Gasteiger partial charge on any atom is -0.378 e. The van der Waals surface area contributed by atoms with Gasteiger partial charge in [0.05, 0.1) is 24.1 Å². The molecule has 0 spiro atoms. The van der Waals surface area contributed by atoms with Crippen molar-refractivity contribution in [2.75, 3.05) is 44.8 Å². The maximum Gasteiger partial charge on any atom is 0.262 e. The smallest absolute Gasteiger partial charge is 0.262 e. The van der Waals surface area contributed by atoms with Crippen molar-refractivity contribution in [2.45, 2.75) is 19.5 Å². The van der Waals surface area contributed by atoms with E-state index in [2.05, 4.69) is 46.1 Å². The van der Waals surface area contributed by atoms with E-state index in [1.807, 2.05) is 24.3 Å². The van der Waals surface area contributed by atoms with Gasteiger partial charge in [0.25, 0.3) is 5.56 Å². The number of aromatic amines is 1. The Balaban J connectivity index is 1.47. The van der Waals surface area contributed by atoms with Gasteiger partial charge in [0.2, 0.25) is 0 Å². The normalized spacial score (nSPS) is 14.5. The van der Waals surface area contributed by atoms with Crippen molar-refractivity contribution in [1.29, 1.82) is 0 Å². The Bertz CT molecular complexity index is 1100. The molecular weight excluding hydrogens is 396 g/mol. The summed E-state index contributed by atoms with van der Waals surface area (Å²) in [6, 6.07) is 16.4. The minimum absolute atomic E-state index is 0.0189. The van der Waals surface area contributed by atoms with Gasteiger partial charge in [-0.1, -0.05) is 30.3 Å². The summed E-state index contributed by atoms with van der Waals surface area (Å²) in [4.78, 5) is 20.9. The SMILES string of the molecule is CN(CCCn1c(=S)[nH]c2ccc(N3CCOCC3)cc2c1=O)Cc1ccccc1. The van der Waals surface area contributed by atoms with Gasteiger partial charge < -0.3 is 19.5 Å². The fourth-order valence-corrected chi connectivity index (χ4v) is 4.22. The zero-order valence-corrected chi connectivity index (χ0v) is 18.2. The number of benzene rings is 2. The van der Waals surface area contributed by atoms with E-state index in [-0.39, 0.29) is 5.56 Å². The molecule has 1 N–H and O–H groups in total. The molecule has 0 bridgehead atoms. The predicted octanol–water partition coefficient (Wildman–Crippen LogP) is 3.42. The molecule has 0 aliphatic carbocycles. The molecule has 1 aromatic heterocycles. The molecule has 7 heteroatoms. The van der Waals surface area contributed by atoms with E-state index in [4.69, 9.17) is 17.0 Å². The highest BCUT2D eigenvalue weighted by atomic mass is 32.1. The van der Waals surface area contributed by atoms with Crippen molar-refractivity contribution < 1.29 is 4.74 Å². The van der Waals surface area contributed by atoms with E-state index in [1.54, 1.807) is 4.57 Å². The molecule has 4 rings (SSSR count). The zero-order valence-electron chi connectivity index (χ0n) is 17.3. The van der Waals surface area contributed by atoms with Crippen molar-refractivity contribution >= 4 is 28.8 Å². The second-order valence-electron chi connectivity index (χ2n) is 7.79. The van der Waals surface area contributed by atoms with E-state index >= 15 is 0 Å². The largest absolute Gasteiger partial charge is 0.378 e. The van der Waals surface area contributed by atoms with E-state index in [1.165, 1.54) is 5.56 Å². The van der Waals surface area contributed by atoms with Crippen molar-refractivity contribution in [2.24, 2.45) is 0 Å². The van der Waals surface area contributed by atoms with Crippen LogP contribution in [0.25, 0.3) is 10.9 Å². The zero-order chi connectivity index (χ0) is 20.9. The molecule has 30 heavy (non-hydrogen) atoms. The van der Waals surface area contributed by atoms with E-state index in [0.29, 0.717) is 16.7 Å². The topological polar surface area (TPSA) is 53.5 Å². The number of fused-ring (bicyclic) bond motifs is 1. The highest BCUT2D eigenvalue weighted by molar-refractivity contribution is 7.71. The fourth-order valence-electron chi connectivity index (χ4n) is 3.93. The second-order valence-corrected chi connectivity index (χ2v) is 8.18. The third-order valence-corrected chi connectivity index (χ3v) is 5.88. The lowest BCUT2D eigenvalue weighted by Gasteiger charge is -2.29. The standard InChI is InChI=1S/C23H28N4O2S/c1-25(17-18-6-3-2-4-7-18)10-5-11-27-22(28)20-16-19(26-12-14-29-15-13-26)8-9-21(20)24-23(27)30/h2-4,6-9,16H,5,10-15,17H2,1H3,(H,24,30). The van der Waals surface area contributed by atoms with Crippen LogP contribution < -0.4 is 10.5 Å². The van der Waals surface area contributed by atoms with Gasteiger partial charge >= 0.3 is 0 Å². The summed E-state index contributed by atoms with van der Waals surface area (Å²) >= 11 is 5.48. The van der Waals surface area contributed by atoms with Gasteiger partial charge in [-0.15, -0.1) is 0 Å². The number of rotatable bonds is 7. The molecule has 3 aromatic rings. The van der Waals surface area contributed by atoms with E-state index < -0.39 is 0 Å². The molecular formula is C23H28N4O2S. The van der Waals surface area contributed by atoms with E-state index in [0.717, 1.165) is 57.0 Å². The summed E-state index contributed by atoms with van der Waals surface area (Å²) in [5, 5.41) is 0.685. The molecule has 0 atom stereocenters. The van der Waals surface area contributed by atoms with Gasteiger partial charge in [-0.05, 0) is 56.0 Å². The molecule has 2 aromatic carbocycles. The first kappa shape index (κ1) is 20.8. The number of hydrogen-bond acceptors (Lipinski definition) is 5. The summed E-state index contributed by atoms with van der Waals surface area (Å²) in [6.45, 7) is 5.51. The lowest BCUT2D eigenvalue weighted by Crippen LogP contribution is -2.36. The van der Waals surface area contributed by atoms with Gasteiger partial charge in [-0.2, -0.15) is 0 Å². The Morgan fingerprint density at radius 3 is 2.67 bits per heavy atom. The highest BCUT2D eigenvalue weighted by Crippen LogP contribution is 2.20. The summed E-state index contributed by atoms with van der Waals surface area (Å²) in [6.07, 6.45) is 0.857. The van der Waals surface area contributed by atoms with Crippen molar-refractivity contribution in [3.63, 3.8) is 0 Å². The molecule has 1 saturated heterocycles. The Kier molecular flexibility index (Phi) is 6.62. The molecule has 1 aliphatic heterocycles. The van der Waals surface area contributed by atoms with Crippen LogP contribution in [0.2, 0.25) is 0 Å². The van der Waals surface area contributed by atoms with Gasteiger partial charge in [-0.3, -0.25) is 9.36 Å². The lowest BCUT2D eigenvalue weighted by atomic mass is 10.2. The summed E-state index contributed by atoms with van der Waals surface area (Å²) in [5.41, 5.74) is 3.12. The molecule has 0 saturated carbocycles. The van der Waals surface area contributed by atoms with Gasteiger partial charge in [0, 0.05) is 31.9 Å². The number of ether oxygens (including phenoxy) is 1. The Hall–Kier alpha value is -2.48. The molecule has 0 amide bonds. The number of anilines is 1. The van der Waals surface area contributed by atoms with Crippen LogP contribution >= 0.6 is 12.2 Å². The van der Waals surface area contributed by atoms with Crippen LogP contribution in [0.4, 0.5) is 5.69 Å². The van der Waals surface area contributed by atoms with Crippen LogP contribution in [-0.4, -0.2) is 54.3 Å². The Morgan fingerprint density at radius 2 is 1.90 bits per heavy atom. The maximum atomic E-state index is 13.2. The van der Waals surface area contributed by atoms with Crippen LogP contribution in [-0.2, 0) is 17.8 Å². The summed E-state index contributed by atoms with van der Waals surface area (Å²) < 4.78 is 7.61. The van der Waals surface area contributed by atoms with Crippen LogP contribution in [0, 0.1) is 4.77 Å². The van der Waals surface area contributed by atoms with Crippen LogP contribution in [0.1, 0.15) is 12.0 Å². The quantitative estimate of drug-likeness (QED) is 0.589. The highest BCUT2D eigenvalue weighted by Gasteiger charge is 2.13. The van der Waals surface area contributed by atoms with Gasteiger partial charge in [0.15, 0.2) is 4.77 Å². The number of nitrogens with zero attached hydrogens (tertiary/aromatic N) is 3. The molecule has 158 valence electrons. The van der Waals surface area contributed by atoms with Crippen LogP contribution in [0.3, 0.4) is 0 Å². The third kappa shape index (κ3) is 4.80. The monoisotopic (exact) mass is 424 g/mol. The first-order chi connectivity index (χ1) is 14.6. The molecule has 0 unspecified atom stereocenters. The summed E-state index contributed by atoms with van der Waals surface area (Å²) in [7, 11) is 2.10. The molecule has 1 aliphatic rings. The minimum atomic E-state index is -0.0189. The van der Waals surface area contributed by atoms with Gasteiger partial charge in [-0.25, -0.2) is 0 Å².